The highest BCUT2D eigenvalue weighted by atomic mass is 79.9. The van der Waals surface area contributed by atoms with Gasteiger partial charge in [0.2, 0.25) is 0 Å². The third kappa shape index (κ3) is 4.18. The predicted octanol–water partition coefficient (Wildman–Crippen LogP) is 5.76. The first-order chi connectivity index (χ1) is 13.7. The van der Waals surface area contributed by atoms with Gasteiger partial charge in [0.1, 0.15) is 9.21 Å². The summed E-state index contributed by atoms with van der Waals surface area (Å²) in [5, 5.41) is 0. The SMILES string of the molecule is Brc1cccc(C(c2cccc(Br)n2)C(c2cccnc2)c2ccccn2)n1. The summed E-state index contributed by atoms with van der Waals surface area (Å²) in [5.74, 6) is -0.215. The molecule has 0 amide bonds. The van der Waals surface area contributed by atoms with Crippen LogP contribution in [0.1, 0.15) is 34.5 Å². The van der Waals surface area contributed by atoms with Crippen molar-refractivity contribution in [3.8, 4) is 0 Å². The molecule has 0 aliphatic rings. The van der Waals surface area contributed by atoms with Gasteiger partial charge in [-0.15, -0.1) is 0 Å². The van der Waals surface area contributed by atoms with Gasteiger partial charge in [0.25, 0.3) is 0 Å². The molecule has 4 nitrogen and oxygen atoms in total. The molecule has 0 aliphatic heterocycles. The smallest absolute Gasteiger partial charge is 0.106 e. The minimum absolute atomic E-state index is 0.0847. The standard InChI is InChI=1S/C22H16Br2N4/c23-19-10-3-8-17(27-19)22(18-9-4-11-20(24)28-18)21(15-6-5-12-25-14-15)16-7-1-2-13-26-16/h1-14,21-22H. The van der Waals surface area contributed by atoms with E-state index in [9.17, 15) is 0 Å². The highest BCUT2D eigenvalue weighted by molar-refractivity contribution is 9.10. The van der Waals surface area contributed by atoms with Crippen LogP contribution in [0.5, 0.6) is 0 Å². The molecule has 138 valence electrons. The second-order valence-corrected chi connectivity index (χ2v) is 7.89. The predicted molar refractivity (Wildman–Crippen MR) is 116 cm³/mol. The summed E-state index contributed by atoms with van der Waals surface area (Å²) >= 11 is 7.02. The summed E-state index contributed by atoms with van der Waals surface area (Å²) in [4.78, 5) is 18.5. The number of hydrogen-bond acceptors (Lipinski definition) is 4. The van der Waals surface area contributed by atoms with Gasteiger partial charge >= 0.3 is 0 Å². The summed E-state index contributed by atoms with van der Waals surface area (Å²) in [6.07, 6.45) is 5.49. The second-order valence-electron chi connectivity index (χ2n) is 6.27. The largest absolute Gasteiger partial charge is 0.264 e. The maximum absolute atomic E-state index is 4.76. The average molecular weight is 496 g/mol. The van der Waals surface area contributed by atoms with Crippen molar-refractivity contribution in [3.63, 3.8) is 0 Å². The van der Waals surface area contributed by atoms with Crippen LogP contribution in [0, 0.1) is 0 Å². The third-order valence-corrected chi connectivity index (χ3v) is 5.38. The van der Waals surface area contributed by atoms with E-state index < -0.39 is 0 Å². The number of rotatable bonds is 5. The molecule has 4 heterocycles. The molecule has 0 N–H and O–H groups in total. The first-order valence-corrected chi connectivity index (χ1v) is 10.4. The number of hydrogen-bond donors (Lipinski definition) is 0. The molecule has 0 spiro atoms. The Balaban J connectivity index is 1.96. The second kappa shape index (κ2) is 8.71. The van der Waals surface area contributed by atoms with Gasteiger partial charge in [-0.25, -0.2) is 9.97 Å². The first kappa shape index (κ1) is 18.9. The van der Waals surface area contributed by atoms with E-state index in [2.05, 4.69) is 47.9 Å². The fourth-order valence-electron chi connectivity index (χ4n) is 3.34. The molecule has 0 saturated heterocycles. The van der Waals surface area contributed by atoms with Crippen molar-refractivity contribution in [2.75, 3.05) is 0 Å². The molecule has 0 aliphatic carbocycles. The van der Waals surface area contributed by atoms with Crippen LogP contribution in [-0.4, -0.2) is 19.9 Å². The molecule has 4 rings (SSSR count). The quantitative estimate of drug-likeness (QED) is 0.330. The summed E-state index contributed by atoms with van der Waals surface area (Å²) in [7, 11) is 0. The van der Waals surface area contributed by atoms with E-state index in [1.54, 1.807) is 6.20 Å². The topological polar surface area (TPSA) is 51.6 Å². The number of pyridine rings is 4. The Bertz CT molecular complexity index is 973. The average Bonchev–Trinajstić information content (AvgIpc) is 2.73. The van der Waals surface area contributed by atoms with Crippen molar-refractivity contribution < 1.29 is 0 Å². The first-order valence-electron chi connectivity index (χ1n) is 8.78. The summed E-state index contributed by atoms with van der Waals surface area (Å²) in [5.41, 5.74) is 3.85. The molecular weight excluding hydrogens is 480 g/mol. The molecule has 0 aromatic carbocycles. The lowest BCUT2D eigenvalue weighted by atomic mass is 9.79. The molecule has 0 radical (unpaired) electrons. The summed E-state index contributed by atoms with van der Waals surface area (Å²) in [6, 6.07) is 21.9. The third-order valence-electron chi connectivity index (χ3n) is 4.49. The van der Waals surface area contributed by atoms with Gasteiger partial charge in [-0.05, 0) is 79.9 Å². The van der Waals surface area contributed by atoms with Gasteiger partial charge in [-0.1, -0.05) is 24.3 Å². The minimum Gasteiger partial charge on any atom is -0.264 e. The molecule has 6 heteroatoms. The van der Waals surface area contributed by atoms with Crippen LogP contribution in [0.3, 0.4) is 0 Å². The Kier molecular flexibility index (Phi) is 5.88. The molecule has 1 atom stereocenters. The number of aromatic nitrogens is 4. The van der Waals surface area contributed by atoms with Crippen molar-refractivity contribution in [1.82, 2.24) is 19.9 Å². The van der Waals surface area contributed by atoms with Crippen LogP contribution in [0.15, 0.2) is 94.5 Å². The van der Waals surface area contributed by atoms with Crippen LogP contribution >= 0.6 is 31.9 Å². The molecule has 4 aromatic rings. The molecule has 0 saturated carbocycles. The maximum atomic E-state index is 4.76. The zero-order chi connectivity index (χ0) is 19.3. The zero-order valence-corrected chi connectivity index (χ0v) is 18.0. The van der Waals surface area contributed by atoms with E-state index >= 15 is 0 Å². The Morgan fingerprint density at radius 2 is 1.29 bits per heavy atom. The Morgan fingerprint density at radius 1 is 0.607 bits per heavy atom. The Morgan fingerprint density at radius 3 is 1.82 bits per heavy atom. The van der Waals surface area contributed by atoms with Gasteiger partial charge in [0.05, 0.1) is 17.3 Å². The molecule has 0 fully saturated rings. The van der Waals surface area contributed by atoms with Gasteiger partial charge < -0.3 is 0 Å². The van der Waals surface area contributed by atoms with E-state index in [1.807, 2.05) is 73.1 Å². The van der Waals surface area contributed by atoms with E-state index in [0.29, 0.717) is 0 Å². The van der Waals surface area contributed by atoms with Crippen molar-refractivity contribution in [2.24, 2.45) is 0 Å². The summed E-state index contributed by atoms with van der Waals surface area (Å²) in [6.45, 7) is 0. The van der Waals surface area contributed by atoms with E-state index in [-0.39, 0.29) is 11.8 Å². The number of nitrogens with zero attached hydrogens (tertiary/aromatic N) is 4. The van der Waals surface area contributed by atoms with Gasteiger partial charge in [0, 0.05) is 30.2 Å². The van der Waals surface area contributed by atoms with E-state index in [1.165, 1.54) is 0 Å². The maximum Gasteiger partial charge on any atom is 0.106 e. The van der Waals surface area contributed by atoms with Crippen molar-refractivity contribution in [2.45, 2.75) is 11.8 Å². The fraction of sp³-hybridized carbons (Fsp3) is 0.0909. The lowest BCUT2D eigenvalue weighted by molar-refractivity contribution is 0.637. The summed E-state index contributed by atoms with van der Waals surface area (Å²) < 4.78 is 1.58. The number of halogens is 2. The van der Waals surface area contributed by atoms with Gasteiger partial charge in [-0.3, -0.25) is 9.97 Å². The molecule has 4 aromatic heterocycles. The highest BCUT2D eigenvalue weighted by Crippen LogP contribution is 2.41. The fourth-order valence-corrected chi connectivity index (χ4v) is 4.06. The molecule has 0 bridgehead atoms. The Labute approximate surface area is 180 Å². The van der Waals surface area contributed by atoms with E-state index in [0.717, 1.165) is 31.9 Å². The van der Waals surface area contributed by atoms with Crippen LogP contribution in [-0.2, 0) is 0 Å². The van der Waals surface area contributed by atoms with Crippen LogP contribution in [0.2, 0.25) is 0 Å². The minimum atomic E-state index is -0.130. The zero-order valence-electron chi connectivity index (χ0n) is 14.8. The molecule has 28 heavy (non-hydrogen) atoms. The molecule has 1 unspecified atom stereocenters. The van der Waals surface area contributed by atoms with Crippen molar-refractivity contribution in [1.29, 1.82) is 0 Å². The van der Waals surface area contributed by atoms with E-state index in [4.69, 9.17) is 9.97 Å². The van der Waals surface area contributed by atoms with Gasteiger partial charge in [0.15, 0.2) is 0 Å². The lowest BCUT2D eigenvalue weighted by Crippen LogP contribution is -2.18. The van der Waals surface area contributed by atoms with Gasteiger partial charge in [-0.2, -0.15) is 0 Å². The van der Waals surface area contributed by atoms with Crippen molar-refractivity contribution >= 4 is 31.9 Å². The molecular formula is C22H16Br2N4. The van der Waals surface area contributed by atoms with Crippen LogP contribution in [0.25, 0.3) is 0 Å². The normalized spacial score (nSPS) is 12.1. The Hall–Kier alpha value is -2.44. The van der Waals surface area contributed by atoms with Crippen molar-refractivity contribution in [3.05, 3.63) is 117 Å². The monoisotopic (exact) mass is 494 g/mol. The van der Waals surface area contributed by atoms with Crippen LogP contribution < -0.4 is 0 Å². The van der Waals surface area contributed by atoms with Crippen LogP contribution in [0.4, 0.5) is 0 Å². The highest BCUT2D eigenvalue weighted by Gasteiger charge is 2.31. The lowest BCUT2D eigenvalue weighted by Gasteiger charge is -2.27.